The van der Waals surface area contributed by atoms with Crippen molar-refractivity contribution < 1.29 is 64.6 Å². The SMILES string of the molecule is CC/C=C\C/C=C\C/C=C\C/C=C\C/C=C\C/C=C\CCCCCCCCCCCCCCCCCCC(=O)NC(COC1OC(CO)C(OC2OC(CO)C(O)C(O)C2O)C(O)C1O)C(O)/C=C/CC/C=C/CCCCCCCCCCCCCCCCCCCCCCC. The van der Waals surface area contributed by atoms with Crippen molar-refractivity contribution in [1.82, 2.24) is 5.32 Å². The zero-order valence-electron chi connectivity index (χ0n) is 60.8. The molecule has 9 N–H and O–H groups in total. The number of allylic oxidation sites excluding steroid dienone is 15. The van der Waals surface area contributed by atoms with E-state index in [0.717, 1.165) is 70.6 Å². The van der Waals surface area contributed by atoms with Crippen molar-refractivity contribution in [1.29, 1.82) is 0 Å². The lowest BCUT2D eigenvalue weighted by Gasteiger charge is -2.46. The van der Waals surface area contributed by atoms with Crippen LogP contribution in [0.4, 0.5) is 0 Å². The van der Waals surface area contributed by atoms with Crippen molar-refractivity contribution in [3.63, 3.8) is 0 Å². The lowest BCUT2D eigenvalue weighted by molar-refractivity contribution is -0.359. The van der Waals surface area contributed by atoms with Crippen molar-refractivity contribution in [2.45, 2.75) is 396 Å². The minimum absolute atomic E-state index is 0.248. The average Bonchev–Trinajstić information content (AvgIpc) is 0.797. The third-order valence-electron chi connectivity index (χ3n) is 18.8. The summed E-state index contributed by atoms with van der Waals surface area (Å²) in [6, 6.07) is -0.938. The van der Waals surface area contributed by atoms with Gasteiger partial charge >= 0.3 is 0 Å². The van der Waals surface area contributed by atoms with Gasteiger partial charge in [-0.2, -0.15) is 0 Å². The quantitative estimate of drug-likeness (QED) is 0.0204. The topological polar surface area (TPSA) is 228 Å². The Kier molecular flexibility index (Phi) is 60.5. The highest BCUT2D eigenvalue weighted by Crippen LogP contribution is 2.30. The standard InChI is InChI=1S/C82H145NO13/c1-3-5-7-9-11-13-15-17-19-21-23-25-27-29-31-32-33-34-35-36-37-38-40-42-44-46-48-50-52-54-56-58-60-62-64-66-74(87)83-70(69-93-81-79(92)77(90)80(73(68-85)95-81)96-82-78(91)76(89)75(88)72(67-84)94-82)71(86)65-63-61-59-57-55-53-51-49-47-45-43-41-39-30-28-26-24-22-20-18-16-14-12-10-8-6-4-2/h5,7,11,13,17,19,23,25,29,31,33-34,55,57,63,65,70-73,75-82,84-86,88-92H,3-4,6,8-10,12,14-16,18,20-22,24,26-28,30,32,35-54,56,58-62,64,66-69H2,1-2H3,(H,83,87)/b7-5-,13-11-,19-17-,25-23-,31-29-,34-33-,57-55+,65-63+. The second-order valence-corrected chi connectivity index (χ2v) is 27.4. The number of nitrogens with one attached hydrogen (secondary N) is 1. The van der Waals surface area contributed by atoms with Crippen LogP contribution in [-0.4, -0.2) is 140 Å². The minimum Gasteiger partial charge on any atom is -0.394 e. The van der Waals surface area contributed by atoms with Gasteiger partial charge < -0.3 is 65.1 Å². The fourth-order valence-electron chi connectivity index (χ4n) is 12.6. The van der Waals surface area contributed by atoms with Crippen molar-refractivity contribution in [2.75, 3.05) is 19.8 Å². The first-order valence-corrected chi connectivity index (χ1v) is 39.5. The zero-order valence-corrected chi connectivity index (χ0v) is 60.8. The molecule has 0 spiro atoms. The summed E-state index contributed by atoms with van der Waals surface area (Å²) >= 11 is 0. The molecule has 2 aliphatic rings. The van der Waals surface area contributed by atoms with Crippen LogP contribution in [0.2, 0.25) is 0 Å². The number of carbonyl (C=O) groups is 1. The predicted octanol–water partition coefficient (Wildman–Crippen LogP) is 17.7. The van der Waals surface area contributed by atoms with Gasteiger partial charge in [0.1, 0.15) is 48.8 Å². The molecule has 14 nitrogen and oxygen atoms in total. The molecule has 2 aliphatic heterocycles. The molecule has 0 saturated carbocycles. The van der Waals surface area contributed by atoms with Crippen LogP contribution >= 0.6 is 0 Å². The third kappa shape index (κ3) is 47.9. The highest BCUT2D eigenvalue weighted by Gasteiger charge is 2.51. The Hall–Kier alpha value is -3.09. The Morgan fingerprint density at radius 3 is 1.15 bits per heavy atom. The molecule has 0 aromatic carbocycles. The molecule has 0 aliphatic carbocycles. The number of aliphatic hydroxyl groups is 8. The van der Waals surface area contributed by atoms with Crippen LogP contribution in [0.3, 0.4) is 0 Å². The van der Waals surface area contributed by atoms with Gasteiger partial charge in [0.15, 0.2) is 12.6 Å². The molecule has 14 heteroatoms. The summed E-state index contributed by atoms with van der Waals surface area (Å²) < 4.78 is 22.9. The van der Waals surface area contributed by atoms with Gasteiger partial charge in [0.2, 0.25) is 5.91 Å². The predicted molar refractivity (Wildman–Crippen MR) is 396 cm³/mol. The lowest BCUT2D eigenvalue weighted by Crippen LogP contribution is -2.65. The molecule has 556 valence electrons. The van der Waals surface area contributed by atoms with E-state index in [4.69, 9.17) is 18.9 Å². The summed E-state index contributed by atoms with van der Waals surface area (Å²) in [6.07, 6.45) is 76.2. The van der Waals surface area contributed by atoms with E-state index in [1.165, 1.54) is 218 Å². The maximum Gasteiger partial charge on any atom is 0.220 e. The number of amides is 1. The second-order valence-electron chi connectivity index (χ2n) is 27.4. The largest absolute Gasteiger partial charge is 0.394 e. The van der Waals surface area contributed by atoms with Gasteiger partial charge in [0.25, 0.3) is 0 Å². The van der Waals surface area contributed by atoms with Crippen LogP contribution in [0, 0.1) is 0 Å². The number of unbranched alkanes of at least 4 members (excludes halogenated alkanes) is 38. The van der Waals surface area contributed by atoms with E-state index in [-0.39, 0.29) is 18.9 Å². The molecule has 12 unspecified atom stereocenters. The molecular formula is C82H145NO13. The van der Waals surface area contributed by atoms with Gasteiger partial charge in [-0.15, -0.1) is 0 Å². The molecule has 12 atom stereocenters. The highest BCUT2D eigenvalue weighted by atomic mass is 16.7. The number of rotatable bonds is 65. The highest BCUT2D eigenvalue weighted by molar-refractivity contribution is 5.76. The molecule has 2 fully saturated rings. The first-order valence-electron chi connectivity index (χ1n) is 39.5. The summed E-state index contributed by atoms with van der Waals surface area (Å²) in [5.74, 6) is -0.248. The van der Waals surface area contributed by atoms with E-state index >= 15 is 0 Å². The molecule has 1 amide bonds. The van der Waals surface area contributed by atoms with Crippen molar-refractivity contribution in [2.24, 2.45) is 0 Å². The summed E-state index contributed by atoms with van der Waals surface area (Å²) in [4.78, 5) is 13.4. The van der Waals surface area contributed by atoms with E-state index < -0.39 is 86.8 Å². The number of hydrogen-bond donors (Lipinski definition) is 9. The smallest absolute Gasteiger partial charge is 0.220 e. The summed E-state index contributed by atoms with van der Waals surface area (Å²) in [5, 5.41) is 87.6. The third-order valence-corrected chi connectivity index (χ3v) is 18.8. The number of carbonyl (C=O) groups excluding carboxylic acids is 1. The first-order chi connectivity index (χ1) is 47.1. The van der Waals surface area contributed by atoms with Crippen LogP contribution in [0.15, 0.2) is 97.2 Å². The molecule has 96 heavy (non-hydrogen) atoms. The van der Waals surface area contributed by atoms with Gasteiger partial charge in [-0.1, -0.05) is 329 Å². The lowest BCUT2D eigenvalue weighted by atomic mass is 9.97. The second kappa shape index (κ2) is 65.2. The molecule has 0 aromatic heterocycles. The normalized spacial score (nSPS) is 22.8. The Morgan fingerprint density at radius 2 is 0.729 bits per heavy atom. The maximum absolute atomic E-state index is 13.4. The molecule has 2 saturated heterocycles. The van der Waals surface area contributed by atoms with Crippen LogP contribution in [0.5, 0.6) is 0 Å². The van der Waals surface area contributed by atoms with Gasteiger partial charge in [-0.3, -0.25) is 4.79 Å². The van der Waals surface area contributed by atoms with Crippen LogP contribution in [0.1, 0.15) is 322 Å². The van der Waals surface area contributed by atoms with Crippen molar-refractivity contribution in [3.05, 3.63) is 97.2 Å². The van der Waals surface area contributed by atoms with Crippen molar-refractivity contribution in [3.8, 4) is 0 Å². The Morgan fingerprint density at radius 1 is 0.385 bits per heavy atom. The van der Waals surface area contributed by atoms with Crippen molar-refractivity contribution >= 4 is 5.91 Å². The zero-order chi connectivity index (χ0) is 69.4. The van der Waals surface area contributed by atoms with Gasteiger partial charge in [-0.25, -0.2) is 0 Å². The summed E-state index contributed by atoms with van der Waals surface area (Å²) in [6.45, 7) is 2.71. The number of ether oxygens (including phenoxy) is 4. The molecule has 2 rings (SSSR count). The van der Waals surface area contributed by atoms with Gasteiger partial charge in [0.05, 0.1) is 32.0 Å². The van der Waals surface area contributed by atoms with E-state index in [1.807, 2.05) is 6.08 Å². The molecule has 2 heterocycles. The van der Waals surface area contributed by atoms with Gasteiger partial charge in [-0.05, 0) is 83.5 Å². The summed E-state index contributed by atoms with van der Waals surface area (Å²) in [7, 11) is 0. The van der Waals surface area contributed by atoms with Crippen LogP contribution in [-0.2, 0) is 23.7 Å². The van der Waals surface area contributed by atoms with E-state index in [1.54, 1.807) is 6.08 Å². The molecule has 0 bridgehead atoms. The average molecular weight is 1350 g/mol. The minimum atomic E-state index is -1.80. The van der Waals surface area contributed by atoms with Crippen LogP contribution in [0.25, 0.3) is 0 Å². The monoisotopic (exact) mass is 1350 g/mol. The first kappa shape index (κ1) is 89.0. The molecule has 0 radical (unpaired) electrons. The Balaban J connectivity index is 1.63. The fourth-order valence-corrected chi connectivity index (χ4v) is 12.6. The summed E-state index contributed by atoms with van der Waals surface area (Å²) in [5.41, 5.74) is 0. The van der Waals surface area contributed by atoms with Gasteiger partial charge in [0, 0.05) is 6.42 Å². The molecular weight excluding hydrogens is 1210 g/mol. The maximum atomic E-state index is 13.4. The number of aliphatic hydroxyl groups excluding tert-OH is 8. The van der Waals surface area contributed by atoms with E-state index in [2.05, 4.69) is 104 Å². The van der Waals surface area contributed by atoms with E-state index in [9.17, 15) is 45.6 Å². The molecule has 0 aromatic rings. The Bertz CT molecular complexity index is 1980. The number of hydrogen-bond acceptors (Lipinski definition) is 13. The van der Waals surface area contributed by atoms with E-state index in [0.29, 0.717) is 12.8 Å². The van der Waals surface area contributed by atoms with Crippen LogP contribution < -0.4 is 5.32 Å². The fraction of sp³-hybridized carbons (Fsp3) is 0.793. The Labute approximate surface area is 585 Å².